The van der Waals surface area contributed by atoms with Crippen molar-refractivity contribution in [3.63, 3.8) is 0 Å². The van der Waals surface area contributed by atoms with E-state index in [1.54, 1.807) is 0 Å². The number of aryl methyl sites for hydroxylation is 1. The fraction of sp³-hybridized carbons (Fsp3) is 0.303. The van der Waals surface area contributed by atoms with E-state index < -0.39 is 11.3 Å². The Morgan fingerprint density at radius 3 is 2.45 bits per heavy atom. The van der Waals surface area contributed by atoms with E-state index in [2.05, 4.69) is 10.6 Å². The molecule has 5 rings (SSSR count). The molecule has 0 aromatic heterocycles. The van der Waals surface area contributed by atoms with E-state index in [0.29, 0.717) is 42.6 Å². The lowest BCUT2D eigenvalue weighted by Gasteiger charge is -2.27. The molecule has 0 saturated carbocycles. The lowest BCUT2D eigenvalue weighted by Crippen LogP contribution is -2.43. The van der Waals surface area contributed by atoms with Crippen LogP contribution in [0.1, 0.15) is 48.4 Å². The van der Waals surface area contributed by atoms with Crippen LogP contribution in [0.4, 0.5) is 5.69 Å². The number of carbonyl (C=O) groups is 3. The topological polar surface area (TPSA) is 103 Å². The predicted molar refractivity (Wildman–Crippen MR) is 168 cm³/mol. The van der Waals surface area contributed by atoms with E-state index in [1.807, 2.05) is 92.7 Å². The van der Waals surface area contributed by atoms with E-state index in [1.165, 1.54) is 16.7 Å². The van der Waals surface area contributed by atoms with Crippen molar-refractivity contribution >= 4 is 46.2 Å². The summed E-state index contributed by atoms with van der Waals surface area (Å²) in [6.45, 7) is 4.93. The number of nitrogens with zero attached hydrogens (tertiary/aromatic N) is 3. The van der Waals surface area contributed by atoms with Crippen molar-refractivity contribution in [2.24, 2.45) is 9.98 Å². The Hall–Kier alpha value is -4.24. The van der Waals surface area contributed by atoms with Crippen LogP contribution in [0.5, 0.6) is 0 Å². The van der Waals surface area contributed by atoms with Crippen LogP contribution in [-0.2, 0) is 27.3 Å². The molecule has 0 unspecified atom stereocenters. The number of para-hydroxylation sites is 1. The number of aliphatic imine (C=N–C) groups is 2. The van der Waals surface area contributed by atoms with Gasteiger partial charge in [-0.3, -0.25) is 19.4 Å². The van der Waals surface area contributed by atoms with Crippen LogP contribution in [0.3, 0.4) is 0 Å². The molecule has 3 aromatic rings. The number of hydrogen-bond donors (Lipinski definition) is 2. The van der Waals surface area contributed by atoms with Crippen LogP contribution in [0, 0.1) is 6.92 Å². The van der Waals surface area contributed by atoms with Gasteiger partial charge in [0.1, 0.15) is 11.9 Å². The van der Waals surface area contributed by atoms with Gasteiger partial charge in [0.2, 0.25) is 11.8 Å². The number of rotatable bonds is 11. The normalized spacial score (nSPS) is 16.2. The molecule has 2 atom stereocenters. The second-order valence-electron chi connectivity index (χ2n) is 10.4. The highest BCUT2D eigenvalue weighted by Gasteiger charge is 2.42. The molecule has 0 fully saturated rings. The molecule has 0 radical (unpaired) electrons. The maximum atomic E-state index is 13.6. The average molecular weight is 582 g/mol. The van der Waals surface area contributed by atoms with Gasteiger partial charge in [-0.05, 0) is 49.4 Å². The Balaban J connectivity index is 1.23. The fourth-order valence-corrected chi connectivity index (χ4v) is 5.92. The quantitative estimate of drug-likeness (QED) is 0.336. The Kier molecular flexibility index (Phi) is 9.48. The van der Waals surface area contributed by atoms with Crippen molar-refractivity contribution in [3.8, 4) is 0 Å². The third kappa shape index (κ3) is 6.97. The standard InChI is InChI=1S/C33H35N5O3S/c1-3-28(31(40)35-21-24-15-13-22(2)14-16-24)42-33-37-26-12-8-7-11-25(26)30-36-27(32(41)38(30)33)17-18-29(39)34-20-19-23-9-5-4-6-10-23/h4-16,27-28H,3,17-21H2,1-2H3,(H,34,39)(H,35,40)/t27-,28-/m1/s1. The monoisotopic (exact) mass is 581 g/mol. The Morgan fingerprint density at radius 2 is 1.69 bits per heavy atom. The largest absolute Gasteiger partial charge is 0.356 e. The zero-order valence-electron chi connectivity index (χ0n) is 23.9. The Bertz CT molecular complexity index is 1500. The van der Waals surface area contributed by atoms with Crippen LogP contribution in [0.2, 0.25) is 0 Å². The lowest BCUT2D eigenvalue weighted by atomic mass is 10.1. The zero-order chi connectivity index (χ0) is 29.5. The number of fused-ring (bicyclic) bond motifs is 3. The van der Waals surface area contributed by atoms with Gasteiger partial charge in [0.25, 0.3) is 5.91 Å². The minimum absolute atomic E-state index is 0.108. The predicted octanol–water partition coefficient (Wildman–Crippen LogP) is 4.92. The highest BCUT2D eigenvalue weighted by Crippen LogP contribution is 2.35. The van der Waals surface area contributed by atoms with Crippen molar-refractivity contribution in [2.45, 2.75) is 57.4 Å². The molecular formula is C33H35N5O3S. The number of amides is 3. The van der Waals surface area contributed by atoms with Gasteiger partial charge in [-0.25, -0.2) is 9.89 Å². The maximum absolute atomic E-state index is 13.6. The molecule has 216 valence electrons. The molecule has 3 amide bonds. The molecule has 42 heavy (non-hydrogen) atoms. The number of nitrogens with one attached hydrogen (secondary N) is 2. The highest BCUT2D eigenvalue weighted by molar-refractivity contribution is 8.15. The van der Waals surface area contributed by atoms with Crippen LogP contribution in [0.25, 0.3) is 0 Å². The molecule has 0 aliphatic carbocycles. The van der Waals surface area contributed by atoms with Gasteiger partial charge in [0.15, 0.2) is 5.17 Å². The summed E-state index contributed by atoms with van der Waals surface area (Å²) in [6.07, 6.45) is 1.79. The number of benzene rings is 3. The summed E-state index contributed by atoms with van der Waals surface area (Å²) in [5.74, 6) is 0.0810. The first-order valence-electron chi connectivity index (χ1n) is 14.3. The smallest absolute Gasteiger partial charge is 0.259 e. The second kappa shape index (κ2) is 13.6. The van der Waals surface area contributed by atoms with E-state index in [9.17, 15) is 14.4 Å². The van der Waals surface area contributed by atoms with Gasteiger partial charge >= 0.3 is 0 Å². The van der Waals surface area contributed by atoms with Gasteiger partial charge < -0.3 is 10.6 Å². The molecule has 2 N–H and O–H groups in total. The minimum Gasteiger partial charge on any atom is -0.356 e. The van der Waals surface area contributed by atoms with E-state index in [-0.39, 0.29) is 24.1 Å². The number of carbonyl (C=O) groups excluding carboxylic acids is 3. The summed E-state index contributed by atoms with van der Waals surface area (Å²) >= 11 is 1.27. The molecule has 2 aliphatic heterocycles. The zero-order valence-corrected chi connectivity index (χ0v) is 24.7. The number of amidine groups is 2. The molecule has 0 bridgehead atoms. The molecule has 0 spiro atoms. The van der Waals surface area contributed by atoms with Gasteiger partial charge in [-0.2, -0.15) is 0 Å². The summed E-state index contributed by atoms with van der Waals surface area (Å²) in [7, 11) is 0. The van der Waals surface area contributed by atoms with Crippen molar-refractivity contribution in [2.75, 3.05) is 6.54 Å². The summed E-state index contributed by atoms with van der Waals surface area (Å²) in [5, 5.41) is 5.96. The molecule has 2 aliphatic rings. The summed E-state index contributed by atoms with van der Waals surface area (Å²) in [5.41, 5.74) is 4.81. The van der Waals surface area contributed by atoms with Gasteiger partial charge in [0, 0.05) is 25.1 Å². The average Bonchev–Trinajstić information content (AvgIpc) is 3.35. The summed E-state index contributed by atoms with van der Waals surface area (Å²) < 4.78 is 0. The number of thioether (sulfide) groups is 1. The third-order valence-electron chi connectivity index (χ3n) is 7.27. The first-order valence-corrected chi connectivity index (χ1v) is 15.2. The third-order valence-corrected chi connectivity index (χ3v) is 8.59. The maximum Gasteiger partial charge on any atom is 0.259 e. The molecule has 2 heterocycles. The molecule has 9 heteroatoms. The van der Waals surface area contributed by atoms with Crippen molar-refractivity contribution in [1.29, 1.82) is 0 Å². The SMILES string of the molecule is CC[C@@H](SC1=Nc2ccccc2C2=N[C@H](CCC(=O)NCCc3ccccc3)C(=O)N12)C(=O)NCc1ccc(C)cc1. The highest BCUT2D eigenvalue weighted by atomic mass is 32.2. The van der Waals surface area contributed by atoms with Crippen LogP contribution < -0.4 is 10.6 Å². The molecule has 3 aromatic carbocycles. The van der Waals surface area contributed by atoms with Crippen molar-refractivity contribution in [1.82, 2.24) is 15.5 Å². The molecule has 8 nitrogen and oxygen atoms in total. The fourth-order valence-electron chi connectivity index (χ4n) is 4.87. The van der Waals surface area contributed by atoms with Gasteiger partial charge in [-0.15, -0.1) is 0 Å². The Labute approximate surface area is 250 Å². The van der Waals surface area contributed by atoms with Gasteiger partial charge in [-0.1, -0.05) is 91.0 Å². The molecular weight excluding hydrogens is 546 g/mol. The van der Waals surface area contributed by atoms with Gasteiger partial charge in [0.05, 0.1) is 10.9 Å². The van der Waals surface area contributed by atoms with E-state index in [4.69, 9.17) is 9.98 Å². The van der Waals surface area contributed by atoms with E-state index >= 15 is 0 Å². The summed E-state index contributed by atoms with van der Waals surface area (Å²) in [4.78, 5) is 50.4. The molecule has 0 saturated heterocycles. The minimum atomic E-state index is -0.688. The van der Waals surface area contributed by atoms with Crippen molar-refractivity contribution in [3.05, 3.63) is 101 Å². The van der Waals surface area contributed by atoms with E-state index in [0.717, 1.165) is 28.7 Å². The Morgan fingerprint density at radius 1 is 0.952 bits per heavy atom. The summed E-state index contributed by atoms with van der Waals surface area (Å²) in [6, 6.07) is 24.9. The first kappa shape index (κ1) is 29.3. The first-order chi connectivity index (χ1) is 20.4. The van der Waals surface area contributed by atoms with Crippen LogP contribution in [0.15, 0.2) is 88.8 Å². The number of hydrogen-bond acceptors (Lipinski definition) is 6. The van der Waals surface area contributed by atoms with Crippen LogP contribution >= 0.6 is 11.8 Å². The second-order valence-corrected chi connectivity index (χ2v) is 11.6. The van der Waals surface area contributed by atoms with Crippen LogP contribution in [-0.4, -0.2) is 51.5 Å². The van der Waals surface area contributed by atoms with Crippen molar-refractivity contribution < 1.29 is 14.4 Å². The lowest BCUT2D eigenvalue weighted by molar-refractivity contribution is -0.125.